The van der Waals surface area contributed by atoms with Gasteiger partial charge in [0.15, 0.2) is 0 Å². The van der Waals surface area contributed by atoms with Crippen molar-refractivity contribution in [2.24, 2.45) is 10.9 Å². The molecule has 3 aromatic rings. The molecule has 2 aliphatic rings. The van der Waals surface area contributed by atoms with Crippen molar-refractivity contribution in [3.05, 3.63) is 83.1 Å². The molecule has 40 heavy (non-hydrogen) atoms. The van der Waals surface area contributed by atoms with Crippen molar-refractivity contribution < 1.29 is 30.4 Å². The van der Waals surface area contributed by atoms with E-state index in [1.165, 1.54) is 43.9 Å². The first-order valence-corrected chi connectivity index (χ1v) is 14.8. The van der Waals surface area contributed by atoms with E-state index in [0.717, 1.165) is 34.9 Å². The summed E-state index contributed by atoms with van der Waals surface area (Å²) in [6, 6.07) is 15.6. The summed E-state index contributed by atoms with van der Waals surface area (Å²) in [4.78, 5) is 4.57. The third-order valence-corrected chi connectivity index (χ3v) is 7.51. The molecule has 1 unspecified atom stereocenters. The van der Waals surface area contributed by atoms with E-state index in [9.17, 15) is 30.4 Å². The van der Waals surface area contributed by atoms with Gasteiger partial charge in [0.05, 0.1) is 23.0 Å². The van der Waals surface area contributed by atoms with Gasteiger partial charge in [-0.25, -0.2) is 17.2 Å². The van der Waals surface area contributed by atoms with Crippen molar-refractivity contribution >= 4 is 15.5 Å². The van der Waals surface area contributed by atoms with E-state index in [2.05, 4.69) is 22.1 Å². The number of hydrogen-bond acceptors (Lipinski definition) is 5. The first-order chi connectivity index (χ1) is 18.8. The van der Waals surface area contributed by atoms with Crippen molar-refractivity contribution in [2.75, 3.05) is 6.26 Å². The van der Waals surface area contributed by atoms with E-state index >= 15 is 0 Å². The highest BCUT2D eigenvalue weighted by molar-refractivity contribution is 7.91. The summed E-state index contributed by atoms with van der Waals surface area (Å²) < 4.78 is 79.9. The second-order valence-corrected chi connectivity index (χ2v) is 12.0. The van der Waals surface area contributed by atoms with E-state index in [-0.39, 0.29) is 17.9 Å². The van der Waals surface area contributed by atoms with Crippen LogP contribution in [0.4, 0.5) is 22.0 Å². The third kappa shape index (κ3) is 8.64. The van der Waals surface area contributed by atoms with Crippen molar-refractivity contribution in [3.8, 4) is 11.3 Å². The van der Waals surface area contributed by atoms with Crippen LogP contribution in [0.15, 0.2) is 59.6 Å². The zero-order valence-electron chi connectivity index (χ0n) is 22.5. The molecule has 0 amide bonds. The number of sulfone groups is 1. The maximum Gasteiger partial charge on any atom is 0.497 e. The molecule has 1 aliphatic carbocycles. The van der Waals surface area contributed by atoms with Gasteiger partial charge in [0, 0.05) is 17.5 Å². The molecule has 2 heterocycles. The Hall–Kier alpha value is -3.21. The van der Waals surface area contributed by atoms with Crippen LogP contribution in [-0.4, -0.2) is 36.1 Å². The lowest BCUT2D eigenvalue weighted by atomic mass is 10.0. The summed E-state index contributed by atoms with van der Waals surface area (Å²) in [5.74, 6) is -0.0691. The molecule has 11 heteroatoms. The van der Waals surface area contributed by atoms with Crippen LogP contribution in [0.5, 0.6) is 0 Å². The van der Waals surface area contributed by atoms with Gasteiger partial charge < -0.3 is 0 Å². The number of benzene rings is 2. The van der Waals surface area contributed by atoms with E-state index in [1.807, 2.05) is 43.3 Å². The van der Waals surface area contributed by atoms with Crippen LogP contribution in [0.3, 0.4) is 0 Å². The molecular weight excluding hydrogens is 549 g/mol. The standard InChI is InChI=1S/C21H17F2N3.C6H12.C2H3F3O2S/c1-13-5-10-19(26-25-13)15-8-6-14(7-9-15)18-11-12-20(24-18)21-16(22)3-2-4-17(21)23;1-6-4-2-3-5-6;1-8(6,7)2(3,4)5/h2-10,18H,11-12H2,1H3;6H,2-5H2,1H3;1H3. The van der Waals surface area contributed by atoms with Gasteiger partial charge in [0.2, 0.25) is 9.84 Å². The average molecular weight is 582 g/mol. The number of halogens is 5. The van der Waals surface area contributed by atoms with Crippen LogP contribution in [0.2, 0.25) is 0 Å². The predicted octanol–water partition coefficient (Wildman–Crippen LogP) is 7.80. The molecule has 0 saturated heterocycles. The molecule has 5 nitrogen and oxygen atoms in total. The van der Waals surface area contributed by atoms with Gasteiger partial charge in [0.25, 0.3) is 0 Å². The van der Waals surface area contributed by atoms with E-state index in [1.54, 1.807) is 0 Å². The van der Waals surface area contributed by atoms with Crippen LogP contribution < -0.4 is 0 Å². The Morgan fingerprint density at radius 2 is 1.43 bits per heavy atom. The maximum absolute atomic E-state index is 14.0. The summed E-state index contributed by atoms with van der Waals surface area (Å²) in [6.07, 6.45) is 7.37. The van der Waals surface area contributed by atoms with Gasteiger partial charge in [0.1, 0.15) is 11.6 Å². The van der Waals surface area contributed by atoms with Crippen LogP contribution in [-0.2, 0) is 9.84 Å². The monoisotopic (exact) mass is 581 g/mol. The second-order valence-electron chi connectivity index (χ2n) is 10.0. The van der Waals surface area contributed by atoms with Gasteiger partial charge in [-0.3, -0.25) is 4.99 Å². The molecule has 1 atom stereocenters. The molecule has 5 rings (SSSR count). The summed E-state index contributed by atoms with van der Waals surface area (Å²) in [5.41, 5.74) is -0.901. The number of aryl methyl sites for hydroxylation is 1. The molecule has 0 N–H and O–H groups in total. The topological polar surface area (TPSA) is 72.3 Å². The Morgan fingerprint density at radius 1 is 0.850 bits per heavy atom. The van der Waals surface area contributed by atoms with Crippen LogP contribution in [0, 0.1) is 24.5 Å². The largest absolute Gasteiger partial charge is 0.497 e. The SMILES string of the molecule is CC1CCCC1.CS(=O)(=O)C(F)(F)F.Cc1ccc(-c2ccc(C3CCC(c4c(F)cccc4F)=N3)cc2)nn1. The minimum absolute atomic E-state index is 0.00144. The predicted molar refractivity (Wildman–Crippen MR) is 146 cm³/mol. The minimum atomic E-state index is -5.09. The highest BCUT2D eigenvalue weighted by Crippen LogP contribution is 2.33. The fourth-order valence-electron chi connectivity index (χ4n) is 4.35. The quantitative estimate of drug-likeness (QED) is 0.296. The van der Waals surface area contributed by atoms with E-state index in [0.29, 0.717) is 12.1 Å². The van der Waals surface area contributed by atoms with Crippen LogP contribution >= 0.6 is 0 Å². The normalized spacial score (nSPS) is 17.4. The lowest BCUT2D eigenvalue weighted by Crippen LogP contribution is -2.20. The Bertz CT molecular complexity index is 1380. The zero-order valence-corrected chi connectivity index (χ0v) is 23.4. The number of rotatable bonds is 3. The molecule has 1 fully saturated rings. The average Bonchev–Trinajstić information content (AvgIpc) is 3.56. The molecule has 1 aliphatic heterocycles. The summed E-state index contributed by atoms with van der Waals surface area (Å²) in [6.45, 7) is 4.24. The second kappa shape index (κ2) is 13.4. The summed E-state index contributed by atoms with van der Waals surface area (Å²) in [5, 5.41) is 8.26. The first kappa shape index (κ1) is 31.3. The smallest absolute Gasteiger partial charge is 0.281 e. The molecule has 0 radical (unpaired) electrons. The summed E-state index contributed by atoms with van der Waals surface area (Å²) in [7, 11) is -4.84. The number of aliphatic imine (C=N–C) groups is 1. The van der Waals surface area contributed by atoms with Crippen LogP contribution in [0.1, 0.15) is 68.3 Å². The Morgan fingerprint density at radius 3 is 1.88 bits per heavy atom. The molecule has 216 valence electrons. The lowest BCUT2D eigenvalue weighted by Gasteiger charge is -2.08. The first-order valence-electron chi connectivity index (χ1n) is 12.9. The van der Waals surface area contributed by atoms with Crippen molar-refractivity contribution in [1.82, 2.24) is 10.2 Å². The van der Waals surface area contributed by atoms with Gasteiger partial charge in [-0.05, 0) is 55.5 Å². The molecule has 1 saturated carbocycles. The fraction of sp³-hybridized carbons (Fsp3) is 0.414. The van der Waals surface area contributed by atoms with E-state index < -0.39 is 27.0 Å². The minimum Gasteiger partial charge on any atom is -0.281 e. The highest BCUT2D eigenvalue weighted by atomic mass is 32.2. The number of nitrogens with zero attached hydrogens (tertiary/aromatic N) is 3. The Balaban J connectivity index is 0.000000259. The molecule has 0 spiro atoms. The molecule has 1 aromatic heterocycles. The third-order valence-electron chi connectivity index (χ3n) is 6.67. The molecule has 2 aromatic carbocycles. The van der Waals surface area contributed by atoms with Crippen molar-refractivity contribution in [3.63, 3.8) is 0 Å². The molecule has 0 bridgehead atoms. The fourth-order valence-corrected chi connectivity index (χ4v) is 4.35. The highest BCUT2D eigenvalue weighted by Gasteiger charge is 2.41. The van der Waals surface area contributed by atoms with Crippen molar-refractivity contribution in [1.29, 1.82) is 0 Å². The van der Waals surface area contributed by atoms with Gasteiger partial charge in [-0.1, -0.05) is 62.9 Å². The Kier molecular flexibility index (Phi) is 10.5. The zero-order chi connectivity index (χ0) is 29.5. The maximum atomic E-state index is 14.0. The summed E-state index contributed by atoms with van der Waals surface area (Å²) >= 11 is 0. The number of alkyl halides is 3. The number of aromatic nitrogens is 2. The Labute approximate surface area is 231 Å². The van der Waals surface area contributed by atoms with Crippen molar-refractivity contribution in [2.45, 2.75) is 63.9 Å². The van der Waals surface area contributed by atoms with Gasteiger partial charge >= 0.3 is 5.51 Å². The lowest BCUT2D eigenvalue weighted by molar-refractivity contribution is -0.0429. The van der Waals surface area contributed by atoms with Gasteiger partial charge in [-0.15, -0.1) is 0 Å². The van der Waals surface area contributed by atoms with Gasteiger partial charge in [-0.2, -0.15) is 23.4 Å². The number of hydrogen-bond donors (Lipinski definition) is 0. The molecular formula is C29H32F5N3O2S. The van der Waals surface area contributed by atoms with E-state index in [4.69, 9.17) is 0 Å². The van der Waals surface area contributed by atoms with Crippen LogP contribution in [0.25, 0.3) is 11.3 Å².